The third kappa shape index (κ3) is 24.4. The van der Waals surface area contributed by atoms with Gasteiger partial charge in [0.15, 0.2) is 6.29 Å². The standard InChI is InChI=1S/C42H77NO8/c1-3-5-7-9-11-13-15-17-18-20-22-24-26-28-30-32-38(46)43-35(34-50-42-41(49)40(48)39(47)37(33-44)51-42)36(45)31-29-27-25-23-21-19-16-14-12-10-8-6-4-2/h11,13,17-18,29,31,35-37,39-42,44-45,47-49H,3-10,12,14-16,19-28,30,32-34H2,1-2H3,(H,43,46)/b13-11-,18-17-,31-29+. The average molecular weight is 724 g/mol. The molecular formula is C42H77NO8. The number of hydrogen-bond acceptors (Lipinski definition) is 8. The molecule has 9 heteroatoms. The molecule has 51 heavy (non-hydrogen) atoms. The molecule has 0 bridgehead atoms. The van der Waals surface area contributed by atoms with Crippen molar-refractivity contribution in [2.24, 2.45) is 0 Å². The minimum Gasteiger partial charge on any atom is -0.394 e. The summed E-state index contributed by atoms with van der Waals surface area (Å²) in [5.41, 5.74) is 0. The lowest BCUT2D eigenvalue weighted by Gasteiger charge is -2.40. The first kappa shape index (κ1) is 47.4. The molecule has 0 radical (unpaired) electrons. The van der Waals surface area contributed by atoms with Crippen LogP contribution in [-0.4, -0.2) is 87.5 Å². The van der Waals surface area contributed by atoms with Gasteiger partial charge in [-0.05, 0) is 51.4 Å². The second kappa shape index (κ2) is 33.0. The van der Waals surface area contributed by atoms with Gasteiger partial charge in [-0.3, -0.25) is 4.79 Å². The number of hydrogen-bond donors (Lipinski definition) is 6. The van der Waals surface area contributed by atoms with Crippen LogP contribution in [0.4, 0.5) is 0 Å². The van der Waals surface area contributed by atoms with Crippen molar-refractivity contribution in [2.75, 3.05) is 13.2 Å². The maximum atomic E-state index is 12.9. The lowest BCUT2D eigenvalue weighted by molar-refractivity contribution is -0.302. The van der Waals surface area contributed by atoms with Crippen molar-refractivity contribution in [2.45, 2.75) is 211 Å². The summed E-state index contributed by atoms with van der Waals surface area (Å²) in [4.78, 5) is 12.9. The molecule has 0 aliphatic carbocycles. The normalized spacial score (nSPS) is 22.4. The van der Waals surface area contributed by atoms with Crippen LogP contribution in [0.1, 0.15) is 168 Å². The second-order valence-corrected chi connectivity index (χ2v) is 14.4. The van der Waals surface area contributed by atoms with E-state index in [2.05, 4.69) is 43.5 Å². The van der Waals surface area contributed by atoms with E-state index < -0.39 is 49.5 Å². The minimum atomic E-state index is -1.57. The van der Waals surface area contributed by atoms with Gasteiger partial charge in [0, 0.05) is 6.42 Å². The van der Waals surface area contributed by atoms with Gasteiger partial charge in [0.25, 0.3) is 0 Å². The van der Waals surface area contributed by atoms with Crippen LogP contribution in [0, 0.1) is 0 Å². The van der Waals surface area contributed by atoms with Gasteiger partial charge in [0.1, 0.15) is 24.4 Å². The van der Waals surface area contributed by atoms with Crippen molar-refractivity contribution in [3.8, 4) is 0 Å². The third-order valence-electron chi connectivity index (χ3n) is 9.71. The summed E-state index contributed by atoms with van der Waals surface area (Å²) >= 11 is 0. The maximum Gasteiger partial charge on any atom is 0.220 e. The molecule has 1 saturated heterocycles. The van der Waals surface area contributed by atoms with E-state index in [0.717, 1.165) is 64.2 Å². The van der Waals surface area contributed by atoms with Crippen LogP contribution in [0.3, 0.4) is 0 Å². The van der Waals surface area contributed by atoms with E-state index in [1.165, 1.54) is 83.5 Å². The Balaban J connectivity index is 2.44. The Morgan fingerprint density at radius 2 is 1.16 bits per heavy atom. The van der Waals surface area contributed by atoms with E-state index >= 15 is 0 Å². The van der Waals surface area contributed by atoms with E-state index in [-0.39, 0.29) is 12.5 Å². The van der Waals surface area contributed by atoms with Crippen LogP contribution in [0.5, 0.6) is 0 Å². The number of nitrogens with one attached hydrogen (secondary N) is 1. The molecule has 1 aliphatic rings. The predicted octanol–water partition coefficient (Wildman–Crippen LogP) is 7.72. The van der Waals surface area contributed by atoms with Crippen LogP contribution >= 0.6 is 0 Å². The van der Waals surface area contributed by atoms with E-state index in [1.54, 1.807) is 6.08 Å². The largest absolute Gasteiger partial charge is 0.394 e. The molecule has 9 nitrogen and oxygen atoms in total. The zero-order chi connectivity index (χ0) is 37.4. The molecule has 6 N–H and O–H groups in total. The van der Waals surface area contributed by atoms with Crippen molar-refractivity contribution in [3.63, 3.8) is 0 Å². The van der Waals surface area contributed by atoms with Crippen molar-refractivity contribution < 1.29 is 39.8 Å². The zero-order valence-corrected chi connectivity index (χ0v) is 32.4. The van der Waals surface area contributed by atoms with Crippen LogP contribution in [0.2, 0.25) is 0 Å². The van der Waals surface area contributed by atoms with Gasteiger partial charge in [0.2, 0.25) is 5.91 Å². The Kier molecular flexibility index (Phi) is 30.7. The molecule has 0 saturated carbocycles. The van der Waals surface area contributed by atoms with Gasteiger partial charge in [-0.15, -0.1) is 0 Å². The molecule has 7 unspecified atom stereocenters. The number of carbonyl (C=O) groups is 1. The summed E-state index contributed by atoms with van der Waals surface area (Å²) in [6, 6.07) is -0.809. The van der Waals surface area contributed by atoms with Crippen molar-refractivity contribution in [1.29, 1.82) is 0 Å². The quantitative estimate of drug-likeness (QED) is 0.0298. The van der Waals surface area contributed by atoms with Gasteiger partial charge in [-0.2, -0.15) is 0 Å². The molecule has 0 aromatic heterocycles. The lowest BCUT2D eigenvalue weighted by atomic mass is 9.99. The minimum absolute atomic E-state index is 0.194. The fourth-order valence-corrected chi connectivity index (χ4v) is 6.30. The number of unbranched alkanes of at least 4 members (excludes halogenated alkanes) is 19. The molecule has 1 rings (SSSR count). The molecule has 1 fully saturated rings. The van der Waals surface area contributed by atoms with Crippen molar-refractivity contribution in [3.05, 3.63) is 36.5 Å². The van der Waals surface area contributed by atoms with E-state index in [9.17, 15) is 30.3 Å². The molecule has 1 amide bonds. The third-order valence-corrected chi connectivity index (χ3v) is 9.71. The molecule has 0 aromatic carbocycles. The van der Waals surface area contributed by atoms with Crippen LogP contribution in [0.25, 0.3) is 0 Å². The van der Waals surface area contributed by atoms with Gasteiger partial charge in [0.05, 0.1) is 25.4 Å². The second-order valence-electron chi connectivity index (χ2n) is 14.4. The fourth-order valence-electron chi connectivity index (χ4n) is 6.30. The van der Waals surface area contributed by atoms with Gasteiger partial charge in [-0.1, -0.05) is 147 Å². The van der Waals surface area contributed by atoms with Crippen LogP contribution < -0.4 is 5.32 Å². The smallest absolute Gasteiger partial charge is 0.220 e. The monoisotopic (exact) mass is 724 g/mol. The number of aliphatic hydroxyl groups excluding tert-OH is 5. The maximum absolute atomic E-state index is 12.9. The number of aliphatic hydroxyl groups is 5. The van der Waals surface area contributed by atoms with Crippen molar-refractivity contribution >= 4 is 5.91 Å². The van der Waals surface area contributed by atoms with Gasteiger partial charge in [-0.25, -0.2) is 0 Å². The molecule has 0 aromatic rings. The van der Waals surface area contributed by atoms with Crippen LogP contribution in [-0.2, 0) is 14.3 Å². The Bertz CT molecular complexity index is 894. The number of ether oxygens (including phenoxy) is 2. The first-order chi connectivity index (χ1) is 24.8. The van der Waals surface area contributed by atoms with Crippen LogP contribution in [0.15, 0.2) is 36.5 Å². The Morgan fingerprint density at radius 1 is 0.667 bits per heavy atom. The Labute approximate surface area is 311 Å². The highest BCUT2D eigenvalue weighted by Gasteiger charge is 2.44. The summed E-state index contributed by atoms with van der Waals surface area (Å²) in [5.74, 6) is -0.194. The highest BCUT2D eigenvalue weighted by molar-refractivity contribution is 5.76. The molecule has 1 heterocycles. The molecule has 298 valence electrons. The first-order valence-electron chi connectivity index (χ1n) is 20.7. The highest BCUT2D eigenvalue weighted by atomic mass is 16.7. The SMILES string of the molecule is CCCCC/C=C\C/C=C\CCCCCCCC(=O)NC(COC1OC(CO)C(O)C(O)C1O)C(O)/C=C/CCCCCCCCCCCCC. The fraction of sp³-hybridized carbons (Fsp3) is 0.833. The number of rotatable bonds is 33. The van der Waals surface area contributed by atoms with E-state index in [4.69, 9.17) is 9.47 Å². The summed E-state index contributed by atoms with van der Waals surface area (Å²) in [6.07, 6.45) is 31.8. The number of amides is 1. The Hall–Kier alpha value is -1.59. The predicted molar refractivity (Wildman–Crippen MR) is 207 cm³/mol. The summed E-state index contributed by atoms with van der Waals surface area (Å²) in [7, 11) is 0. The van der Waals surface area contributed by atoms with Gasteiger partial charge < -0.3 is 40.3 Å². The molecular weight excluding hydrogens is 646 g/mol. The molecule has 7 atom stereocenters. The summed E-state index contributed by atoms with van der Waals surface area (Å²) < 4.78 is 11.2. The average Bonchev–Trinajstić information content (AvgIpc) is 3.13. The summed E-state index contributed by atoms with van der Waals surface area (Å²) in [5, 5.41) is 54.0. The zero-order valence-electron chi connectivity index (χ0n) is 32.4. The van der Waals surface area contributed by atoms with E-state index in [0.29, 0.717) is 6.42 Å². The molecule has 0 spiro atoms. The topological polar surface area (TPSA) is 149 Å². The lowest BCUT2D eigenvalue weighted by Crippen LogP contribution is -2.60. The Morgan fingerprint density at radius 3 is 1.73 bits per heavy atom. The molecule has 1 aliphatic heterocycles. The first-order valence-corrected chi connectivity index (χ1v) is 20.7. The van der Waals surface area contributed by atoms with Gasteiger partial charge >= 0.3 is 0 Å². The van der Waals surface area contributed by atoms with Crippen molar-refractivity contribution in [1.82, 2.24) is 5.32 Å². The van der Waals surface area contributed by atoms with E-state index in [1.807, 2.05) is 6.08 Å². The number of carbonyl (C=O) groups excluding carboxylic acids is 1. The highest BCUT2D eigenvalue weighted by Crippen LogP contribution is 2.22. The summed E-state index contributed by atoms with van der Waals surface area (Å²) in [6.45, 7) is 3.71. The number of allylic oxidation sites excluding steroid dienone is 5.